The minimum Gasteiger partial charge on any atom is -0.456 e. The van der Waals surface area contributed by atoms with E-state index in [-0.39, 0.29) is 5.97 Å². The summed E-state index contributed by atoms with van der Waals surface area (Å²) in [5.41, 5.74) is 6.10. The molecule has 2 heterocycles. The number of benzene rings is 2. The van der Waals surface area contributed by atoms with E-state index in [2.05, 4.69) is 11.9 Å². The van der Waals surface area contributed by atoms with Crippen LogP contribution in [0, 0.1) is 6.92 Å². The van der Waals surface area contributed by atoms with Crippen molar-refractivity contribution in [3.63, 3.8) is 0 Å². The van der Waals surface area contributed by atoms with Crippen molar-refractivity contribution in [3.8, 4) is 11.1 Å². The molecule has 0 aliphatic carbocycles. The van der Waals surface area contributed by atoms with Crippen LogP contribution in [-0.2, 0) is 11.2 Å². The molecule has 0 spiro atoms. The molecule has 5 nitrogen and oxygen atoms in total. The predicted molar refractivity (Wildman–Crippen MR) is 130 cm³/mol. The molecule has 0 amide bonds. The standard InChI is InChI=1S/C28H30N2O3/c1-6-21-17-30-24(16-11-18(2)26(30)29-21)25(31)20-14-12-19(13-15-20)22-9-7-8-10-23(22)27(32)33-28(3,4)5/h7-17,25,31H,6H2,1-5H3. The molecule has 170 valence electrons. The molecule has 1 N–H and O–H groups in total. The Bertz CT molecular complexity index is 1300. The smallest absolute Gasteiger partial charge is 0.339 e. The van der Waals surface area contributed by atoms with Gasteiger partial charge in [0.2, 0.25) is 0 Å². The number of aryl methyl sites for hydroxylation is 2. The number of ether oxygens (including phenoxy) is 1. The zero-order valence-electron chi connectivity index (χ0n) is 19.8. The van der Waals surface area contributed by atoms with E-state index in [1.807, 2.05) is 92.9 Å². The summed E-state index contributed by atoms with van der Waals surface area (Å²) in [5.74, 6) is -0.351. The van der Waals surface area contributed by atoms with Crippen molar-refractivity contribution >= 4 is 11.6 Å². The molecule has 2 aromatic heterocycles. The summed E-state index contributed by atoms with van der Waals surface area (Å²) in [5, 5.41) is 11.2. The van der Waals surface area contributed by atoms with E-state index < -0.39 is 11.7 Å². The lowest BCUT2D eigenvalue weighted by Gasteiger charge is -2.20. The third-order valence-electron chi connectivity index (χ3n) is 5.62. The number of rotatable bonds is 5. The van der Waals surface area contributed by atoms with Gasteiger partial charge in [-0.25, -0.2) is 9.78 Å². The van der Waals surface area contributed by atoms with Crippen molar-refractivity contribution in [3.05, 3.63) is 94.9 Å². The van der Waals surface area contributed by atoms with Gasteiger partial charge >= 0.3 is 5.97 Å². The van der Waals surface area contributed by atoms with Crippen LogP contribution in [0.5, 0.6) is 0 Å². The van der Waals surface area contributed by atoms with Gasteiger partial charge < -0.3 is 14.2 Å². The van der Waals surface area contributed by atoms with E-state index in [0.717, 1.165) is 45.7 Å². The second-order valence-corrected chi connectivity index (χ2v) is 9.29. The van der Waals surface area contributed by atoms with Gasteiger partial charge in [0.1, 0.15) is 17.4 Å². The predicted octanol–water partition coefficient (Wildman–Crippen LogP) is 5.91. The van der Waals surface area contributed by atoms with Gasteiger partial charge in [0.05, 0.1) is 17.0 Å². The third-order valence-corrected chi connectivity index (χ3v) is 5.62. The maximum Gasteiger partial charge on any atom is 0.339 e. The quantitative estimate of drug-likeness (QED) is 0.390. The maximum atomic E-state index is 12.7. The van der Waals surface area contributed by atoms with Crippen LogP contribution in [0.15, 0.2) is 66.9 Å². The third kappa shape index (κ3) is 4.69. The molecule has 0 aliphatic rings. The number of aliphatic hydroxyl groups is 1. The number of hydrogen-bond donors (Lipinski definition) is 1. The van der Waals surface area contributed by atoms with Crippen LogP contribution < -0.4 is 0 Å². The summed E-state index contributed by atoms with van der Waals surface area (Å²) in [7, 11) is 0. The number of fused-ring (bicyclic) bond motifs is 1. The van der Waals surface area contributed by atoms with E-state index in [4.69, 9.17) is 4.74 Å². The number of hydrogen-bond acceptors (Lipinski definition) is 4. The Hall–Kier alpha value is -3.44. The molecule has 5 heteroatoms. The monoisotopic (exact) mass is 442 g/mol. The fourth-order valence-electron chi connectivity index (χ4n) is 3.92. The van der Waals surface area contributed by atoms with Gasteiger partial charge in [0, 0.05) is 6.20 Å². The molecular weight excluding hydrogens is 412 g/mol. The number of esters is 1. The average Bonchev–Trinajstić information content (AvgIpc) is 3.23. The fraction of sp³-hybridized carbons (Fsp3) is 0.286. The number of aromatic nitrogens is 2. The molecule has 4 rings (SSSR count). The Kier molecular flexibility index (Phi) is 6.09. The molecule has 0 bridgehead atoms. The number of nitrogens with zero attached hydrogens (tertiary/aromatic N) is 2. The molecule has 0 saturated carbocycles. The van der Waals surface area contributed by atoms with Crippen LogP contribution >= 0.6 is 0 Å². The molecule has 0 aliphatic heterocycles. The number of imidazole rings is 1. The Labute approximate surface area is 194 Å². The normalized spacial score (nSPS) is 12.7. The lowest BCUT2D eigenvalue weighted by molar-refractivity contribution is 0.00704. The summed E-state index contributed by atoms with van der Waals surface area (Å²) in [4.78, 5) is 17.4. The van der Waals surface area contributed by atoms with E-state index in [0.29, 0.717) is 5.56 Å². The van der Waals surface area contributed by atoms with Crippen LogP contribution in [-0.4, -0.2) is 26.1 Å². The summed E-state index contributed by atoms with van der Waals surface area (Å²) in [6.45, 7) is 9.66. The Morgan fingerprint density at radius 2 is 1.76 bits per heavy atom. The van der Waals surface area contributed by atoms with Crippen LogP contribution in [0.4, 0.5) is 0 Å². The van der Waals surface area contributed by atoms with Gasteiger partial charge in [-0.05, 0) is 68.5 Å². The van der Waals surface area contributed by atoms with Gasteiger partial charge in [-0.2, -0.15) is 0 Å². The number of aliphatic hydroxyl groups excluding tert-OH is 1. The van der Waals surface area contributed by atoms with Crippen molar-refractivity contribution in [1.82, 2.24) is 9.38 Å². The molecule has 4 aromatic rings. The molecule has 0 radical (unpaired) electrons. The van der Waals surface area contributed by atoms with Crippen LogP contribution in [0.2, 0.25) is 0 Å². The fourth-order valence-corrected chi connectivity index (χ4v) is 3.92. The lowest BCUT2D eigenvalue weighted by atomic mass is 9.96. The van der Waals surface area contributed by atoms with Gasteiger partial charge in [0.25, 0.3) is 0 Å². The SMILES string of the molecule is CCc1cn2c(C(O)c3ccc(-c4ccccc4C(=O)OC(C)(C)C)cc3)ccc(C)c2n1. The van der Waals surface area contributed by atoms with Gasteiger partial charge in [0.15, 0.2) is 0 Å². The largest absolute Gasteiger partial charge is 0.456 e. The summed E-state index contributed by atoms with van der Waals surface area (Å²) in [6, 6.07) is 19.0. The van der Waals surface area contributed by atoms with Crippen LogP contribution in [0.3, 0.4) is 0 Å². The highest BCUT2D eigenvalue weighted by molar-refractivity contribution is 5.97. The zero-order chi connectivity index (χ0) is 23.8. The molecule has 33 heavy (non-hydrogen) atoms. The molecule has 2 aromatic carbocycles. The first-order chi connectivity index (χ1) is 15.7. The summed E-state index contributed by atoms with van der Waals surface area (Å²) < 4.78 is 7.56. The maximum absolute atomic E-state index is 12.7. The molecule has 1 atom stereocenters. The van der Waals surface area contributed by atoms with Crippen LogP contribution in [0.25, 0.3) is 16.8 Å². The van der Waals surface area contributed by atoms with Gasteiger partial charge in [-0.15, -0.1) is 0 Å². The Morgan fingerprint density at radius 3 is 2.42 bits per heavy atom. The minimum atomic E-state index is -0.804. The Balaban J connectivity index is 1.67. The van der Waals surface area contributed by atoms with Crippen molar-refractivity contribution in [2.75, 3.05) is 0 Å². The first-order valence-electron chi connectivity index (χ1n) is 11.3. The van der Waals surface area contributed by atoms with Gasteiger partial charge in [-0.1, -0.05) is 55.5 Å². The lowest BCUT2D eigenvalue weighted by Crippen LogP contribution is -2.24. The average molecular weight is 443 g/mol. The van der Waals surface area contributed by atoms with Crippen molar-refractivity contribution in [2.24, 2.45) is 0 Å². The van der Waals surface area contributed by atoms with Crippen molar-refractivity contribution in [2.45, 2.75) is 52.7 Å². The van der Waals surface area contributed by atoms with Gasteiger partial charge in [-0.3, -0.25) is 0 Å². The highest BCUT2D eigenvalue weighted by Gasteiger charge is 2.21. The molecule has 0 saturated heterocycles. The van der Waals surface area contributed by atoms with E-state index in [9.17, 15) is 9.90 Å². The minimum absolute atomic E-state index is 0.351. The second kappa shape index (κ2) is 8.83. The Morgan fingerprint density at radius 1 is 1.06 bits per heavy atom. The van der Waals surface area contributed by atoms with E-state index in [1.165, 1.54) is 0 Å². The number of carbonyl (C=O) groups is 1. The molecule has 0 fully saturated rings. The van der Waals surface area contributed by atoms with E-state index in [1.54, 1.807) is 6.07 Å². The summed E-state index contributed by atoms with van der Waals surface area (Å²) >= 11 is 0. The van der Waals surface area contributed by atoms with Crippen molar-refractivity contribution < 1.29 is 14.6 Å². The van der Waals surface area contributed by atoms with Crippen molar-refractivity contribution in [1.29, 1.82) is 0 Å². The first kappa shape index (κ1) is 22.7. The topological polar surface area (TPSA) is 63.8 Å². The molecular formula is C28H30N2O3. The number of pyridine rings is 1. The first-order valence-corrected chi connectivity index (χ1v) is 11.3. The second-order valence-electron chi connectivity index (χ2n) is 9.29. The number of carbonyl (C=O) groups excluding carboxylic acids is 1. The van der Waals surface area contributed by atoms with E-state index >= 15 is 0 Å². The highest BCUT2D eigenvalue weighted by atomic mass is 16.6. The molecule has 1 unspecified atom stereocenters. The van der Waals surface area contributed by atoms with Crippen LogP contribution in [0.1, 0.15) is 66.7 Å². The zero-order valence-corrected chi connectivity index (χ0v) is 19.8. The highest BCUT2D eigenvalue weighted by Crippen LogP contribution is 2.29. The summed E-state index contributed by atoms with van der Waals surface area (Å²) in [6.07, 6.45) is 2.02.